The van der Waals surface area contributed by atoms with Crippen LogP contribution < -0.4 is 25.9 Å². The van der Waals surface area contributed by atoms with Crippen LogP contribution in [0, 0.1) is 13.8 Å². The Balaban J connectivity index is 1.28. The molecule has 1 aliphatic heterocycles. The molecule has 3 heterocycles. The summed E-state index contributed by atoms with van der Waals surface area (Å²) in [6.45, 7) is 4.81. The Morgan fingerprint density at radius 3 is 2.71 bits per heavy atom. The Bertz CT molecular complexity index is 1220. The van der Waals surface area contributed by atoms with E-state index in [0.717, 1.165) is 15.3 Å². The van der Waals surface area contributed by atoms with Crippen molar-refractivity contribution in [2.45, 2.75) is 25.2 Å². The number of hydrogen-bond acceptors (Lipinski definition) is 8. The van der Waals surface area contributed by atoms with Gasteiger partial charge in [0, 0.05) is 9.77 Å². The van der Waals surface area contributed by atoms with E-state index in [1.807, 2.05) is 26.0 Å². The number of carbonyl (C=O) groups excluding carboxylic acids is 2. The molecular weight excluding hydrogens is 440 g/mol. The average molecular weight is 461 g/mol. The second-order valence-corrected chi connectivity index (χ2v) is 9.10. The second-order valence-electron chi connectivity index (χ2n) is 6.84. The van der Waals surface area contributed by atoms with E-state index in [0.29, 0.717) is 34.9 Å². The molecule has 162 valence electrons. The smallest absolute Gasteiger partial charge is 0.259 e. The van der Waals surface area contributed by atoms with Gasteiger partial charge in [0.15, 0.2) is 11.5 Å². The highest BCUT2D eigenvalue weighted by Crippen LogP contribution is 2.34. The number of thiophene rings is 1. The van der Waals surface area contributed by atoms with E-state index in [2.05, 4.69) is 20.8 Å². The fraction of sp³-hybridized carbons (Fsp3) is 0.300. The van der Waals surface area contributed by atoms with E-state index >= 15 is 0 Å². The molecular formula is C20H20N4O5S2. The second kappa shape index (κ2) is 8.98. The molecule has 0 atom stereocenters. The van der Waals surface area contributed by atoms with Gasteiger partial charge in [-0.15, -0.1) is 23.1 Å². The van der Waals surface area contributed by atoms with Crippen LogP contribution in [0.2, 0.25) is 0 Å². The molecule has 0 spiro atoms. The number of hydrazine groups is 1. The van der Waals surface area contributed by atoms with Crippen LogP contribution in [-0.2, 0) is 16.0 Å². The number of benzene rings is 1. The molecule has 0 fully saturated rings. The number of carbonyl (C=O) groups is 2. The minimum Gasteiger partial charge on any atom is -0.486 e. The molecule has 0 bridgehead atoms. The Labute approximate surface area is 185 Å². The van der Waals surface area contributed by atoms with Gasteiger partial charge in [-0.2, -0.15) is 0 Å². The minimum absolute atomic E-state index is 0.106. The number of nitrogens with one attached hydrogen (secondary N) is 3. The lowest BCUT2D eigenvalue weighted by molar-refractivity contribution is -0.127. The molecule has 11 heteroatoms. The number of aromatic amines is 1. The lowest BCUT2D eigenvalue weighted by Crippen LogP contribution is -2.43. The van der Waals surface area contributed by atoms with Gasteiger partial charge in [0.1, 0.15) is 23.9 Å². The monoisotopic (exact) mass is 460 g/mol. The SMILES string of the molecule is Cc1sc2nc(CC(=O)NNC(=O)CSc3ccc4c(c3)OCCO4)[nH]c(=O)c2c1C. The number of rotatable bonds is 5. The van der Waals surface area contributed by atoms with Crippen LogP contribution in [0.25, 0.3) is 10.2 Å². The number of aryl methyl sites for hydroxylation is 2. The summed E-state index contributed by atoms with van der Waals surface area (Å²) < 4.78 is 11.0. The molecule has 3 aromatic rings. The molecule has 0 saturated carbocycles. The molecule has 4 rings (SSSR count). The van der Waals surface area contributed by atoms with Gasteiger partial charge < -0.3 is 14.5 Å². The van der Waals surface area contributed by atoms with Crippen molar-refractivity contribution in [1.29, 1.82) is 0 Å². The molecule has 1 aromatic carbocycles. The molecule has 0 saturated heterocycles. The zero-order valence-electron chi connectivity index (χ0n) is 16.9. The third kappa shape index (κ3) is 4.83. The van der Waals surface area contributed by atoms with Crippen LogP contribution in [0.4, 0.5) is 0 Å². The van der Waals surface area contributed by atoms with Crippen molar-refractivity contribution < 1.29 is 19.1 Å². The molecule has 0 radical (unpaired) electrons. The van der Waals surface area contributed by atoms with Gasteiger partial charge in [-0.05, 0) is 37.6 Å². The summed E-state index contributed by atoms with van der Waals surface area (Å²) in [5, 5.41) is 0.552. The number of aromatic nitrogens is 2. The van der Waals surface area contributed by atoms with Gasteiger partial charge >= 0.3 is 0 Å². The van der Waals surface area contributed by atoms with Crippen molar-refractivity contribution in [1.82, 2.24) is 20.8 Å². The van der Waals surface area contributed by atoms with Crippen molar-refractivity contribution in [3.63, 3.8) is 0 Å². The summed E-state index contributed by atoms with van der Waals surface area (Å²) >= 11 is 2.72. The number of hydrogen-bond donors (Lipinski definition) is 3. The first kappa shape index (κ1) is 21.2. The van der Waals surface area contributed by atoms with Crippen molar-refractivity contribution >= 4 is 45.1 Å². The van der Waals surface area contributed by atoms with Crippen LogP contribution >= 0.6 is 23.1 Å². The molecule has 1 aliphatic rings. The van der Waals surface area contributed by atoms with E-state index in [1.54, 1.807) is 6.07 Å². The first-order chi connectivity index (χ1) is 14.9. The first-order valence-electron chi connectivity index (χ1n) is 9.49. The van der Waals surface area contributed by atoms with Crippen LogP contribution in [0.1, 0.15) is 16.3 Å². The van der Waals surface area contributed by atoms with Crippen LogP contribution in [0.15, 0.2) is 27.9 Å². The average Bonchev–Trinajstić information content (AvgIpc) is 3.04. The Kier molecular flexibility index (Phi) is 6.14. The largest absolute Gasteiger partial charge is 0.486 e. The highest BCUT2D eigenvalue weighted by Gasteiger charge is 2.15. The summed E-state index contributed by atoms with van der Waals surface area (Å²) in [5.74, 6) is 0.842. The number of thioether (sulfide) groups is 1. The highest BCUT2D eigenvalue weighted by atomic mass is 32.2. The van der Waals surface area contributed by atoms with Crippen LogP contribution in [0.3, 0.4) is 0 Å². The molecule has 2 amide bonds. The first-order valence-corrected chi connectivity index (χ1v) is 11.3. The molecule has 2 aromatic heterocycles. The predicted molar refractivity (Wildman–Crippen MR) is 118 cm³/mol. The molecule has 3 N–H and O–H groups in total. The van der Waals surface area contributed by atoms with Gasteiger partial charge in [-0.25, -0.2) is 4.98 Å². The van der Waals surface area contributed by atoms with E-state index in [-0.39, 0.29) is 29.5 Å². The van der Waals surface area contributed by atoms with E-state index in [9.17, 15) is 14.4 Å². The van der Waals surface area contributed by atoms with Gasteiger partial charge in [-0.1, -0.05) is 0 Å². The van der Waals surface area contributed by atoms with E-state index < -0.39 is 5.91 Å². The Morgan fingerprint density at radius 2 is 1.90 bits per heavy atom. The third-order valence-corrected chi connectivity index (χ3v) is 6.74. The van der Waals surface area contributed by atoms with Crippen molar-refractivity contribution in [3.05, 3.63) is 44.8 Å². The quantitative estimate of drug-likeness (QED) is 0.392. The molecule has 31 heavy (non-hydrogen) atoms. The third-order valence-electron chi connectivity index (χ3n) is 4.64. The Hall–Kier alpha value is -3.05. The van der Waals surface area contributed by atoms with Crippen LogP contribution in [-0.4, -0.2) is 40.7 Å². The van der Waals surface area contributed by atoms with Crippen molar-refractivity contribution in [3.8, 4) is 11.5 Å². The summed E-state index contributed by atoms with van der Waals surface area (Å²) in [5.41, 5.74) is 5.34. The Morgan fingerprint density at radius 1 is 1.16 bits per heavy atom. The topological polar surface area (TPSA) is 122 Å². The number of nitrogens with zero attached hydrogens (tertiary/aromatic N) is 1. The molecule has 9 nitrogen and oxygen atoms in total. The zero-order valence-corrected chi connectivity index (χ0v) is 18.5. The maximum Gasteiger partial charge on any atom is 0.259 e. The lowest BCUT2D eigenvalue weighted by Gasteiger charge is -2.18. The maximum atomic E-state index is 12.3. The fourth-order valence-electron chi connectivity index (χ4n) is 3.02. The number of amides is 2. The van der Waals surface area contributed by atoms with Gasteiger partial charge in [0.2, 0.25) is 11.8 Å². The normalized spacial score (nSPS) is 12.6. The van der Waals surface area contributed by atoms with E-state index in [4.69, 9.17) is 9.47 Å². The standard InChI is InChI=1S/C20H20N4O5S2/c1-10-11(2)31-20-18(10)19(27)21-15(22-20)8-16(25)23-24-17(26)9-30-12-3-4-13-14(7-12)29-6-5-28-13/h3-4,7H,5-6,8-9H2,1-2H3,(H,23,25)(H,24,26)(H,21,22,27). The summed E-state index contributed by atoms with van der Waals surface area (Å²) in [4.78, 5) is 45.9. The van der Waals surface area contributed by atoms with Gasteiger partial charge in [0.05, 0.1) is 17.6 Å². The number of ether oxygens (including phenoxy) is 2. The van der Waals surface area contributed by atoms with Crippen LogP contribution in [0.5, 0.6) is 11.5 Å². The summed E-state index contributed by atoms with van der Waals surface area (Å²) in [6, 6.07) is 5.46. The zero-order chi connectivity index (χ0) is 22.0. The predicted octanol–water partition coefficient (Wildman–Crippen LogP) is 1.85. The molecule has 0 aliphatic carbocycles. The summed E-state index contributed by atoms with van der Waals surface area (Å²) in [7, 11) is 0. The molecule has 0 unspecified atom stereocenters. The number of H-pyrrole nitrogens is 1. The lowest BCUT2D eigenvalue weighted by atomic mass is 10.2. The summed E-state index contributed by atoms with van der Waals surface area (Å²) in [6.07, 6.45) is -0.156. The fourth-order valence-corrected chi connectivity index (χ4v) is 4.79. The van der Waals surface area contributed by atoms with Gasteiger partial charge in [-0.3, -0.25) is 25.2 Å². The van der Waals surface area contributed by atoms with Crippen molar-refractivity contribution in [2.24, 2.45) is 0 Å². The van der Waals surface area contributed by atoms with E-state index in [1.165, 1.54) is 23.1 Å². The number of fused-ring (bicyclic) bond motifs is 2. The van der Waals surface area contributed by atoms with Crippen molar-refractivity contribution in [2.75, 3.05) is 19.0 Å². The highest BCUT2D eigenvalue weighted by molar-refractivity contribution is 8.00. The maximum absolute atomic E-state index is 12.3. The minimum atomic E-state index is -0.481. The van der Waals surface area contributed by atoms with Gasteiger partial charge in [0.25, 0.3) is 5.56 Å².